The van der Waals surface area contributed by atoms with Crippen LogP contribution in [0.4, 0.5) is 0 Å². The number of ether oxygens (including phenoxy) is 2. The van der Waals surface area contributed by atoms with Gasteiger partial charge in [0.2, 0.25) is 17.7 Å². The second-order valence-corrected chi connectivity index (χ2v) is 13.8. The van der Waals surface area contributed by atoms with Crippen molar-refractivity contribution in [1.82, 2.24) is 15.1 Å². The van der Waals surface area contributed by atoms with Crippen LogP contribution in [0, 0.1) is 11.8 Å². The molecule has 2 bridgehead atoms. The van der Waals surface area contributed by atoms with E-state index in [1.165, 1.54) is 0 Å². The monoisotopic (exact) mass is 721 g/mol. The van der Waals surface area contributed by atoms with Crippen molar-refractivity contribution < 1.29 is 33.8 Å². The van der Waals surface area contributed by atoms with Crippen LogP contribution in [0.25, 0.3) is 0 Å². The predicted molar refractivity (Wildman–Crippen MR) is 184 cm³/mol. The van der Waals surface area contributed by atoms with Crippen molar-refractivity contribution in [2.24, 2.45) is 11.8 Å². The molecule has 1 unspecified atom stereocenters. The maximum absolute atomic E-state index is 14.6. The zero-order valence-electron chi connectivity index (χ0n) is 27.0. The Morgan fingerprint density at radius 2 is 1.81 bits per heavy atom. The highest BCUT2D eigenvalue weighted by Crippen LogP contribution is 2.60. The van der Waals surface area contributed by atoms with E-state index in [1.807, 2.05) is 60.7 Å². The number of fused-ring (bicyclic) bond motifs is 1. The van der Waals surface area contributed by atoms with Gasteiger partial charge in [0.25, 0.3) is 0 Å². The van der Waals surface area contributed by atoms with E-state index in [1.54, 1.807) is 22.0 Å². The Hall–Kier alpha value is -3.80. The molecule has 3 heterocycles. The number of alkyl halides is 1. The molecule has 0 aromatic heterocycles. The summed E-state index contributed by atoms with van der Waals surface area (Å²) in [6, 6.07) is 17.8. The Morgan fingerprint density at radius 1 is 1.10 bits per heavy atom. The van der Waals surface area contributed by atoms with Gasteiger partial charge in [0.15, 0.2) is 0 Å². The van der Waals surface area contributed by atoms with Gasteiger partial charge in [-0.2, -0.15) is 0 Å². The number of carbonyl (C=O) groups excluding carboxylic acids is 4. The van der Waals surface area contributed by atoms with Gasteiger partial charge in [-0.15, -0.1) is 13.2 Å². The van der Waals surface area contributed by atoms with Gasteiger partial charge in [-0.25, -0.2) is 0 Å². The number of halogens is 1. The lowest BCUT2D eigenvalue weighted by molar-refractivity contribution is -0.160. The molecule has 1 spiro atoms. The molecule has 3 fully saturated rings. The number of nitrogens with zero attached hydrogens (tertiary/aromatic N) is 2. The molecule has 10 nitrogen and oxygen atoms in total. The first-order valence-electron chi connectivity index (χ1n) is 16.6. The molecule has 11 heteroatoms. The van der Waals surface area contributed by atoms with Gasteiger partial charge in [0.1, 0.15) is 17.7 Å². The molecular weight excluding hydrogens is 678 g/mol. The van der Waals surface area contributed by atoms with Gasteiger partial charge in [-0.1, -0.05) is 88.7 Å². The Kier molecular flexibility index (Phi) is 11.9. The van der Waals surface area contributed by atoms with Crippen LogP contribution in [0.1, 0.15) is 49.3 Å². The van der Waals surface area contributed by atoms with E-state index in [9.17, 15) is 24.3 Å². The lowest BCUT2D eigenvalue weighted by Gasteiger charge is -2.37. The van der Waals surface area contributed by atoms with E-state index in [2.05, 4.69) is 34.4 Å². The van der Waals surface area contributed by atoms with E-state index in [4.69, 9.17) is 9.47 Å². The maximum Gasteiger partial charge on any atom is 0.313 e. The summed E-state index contributed by atoms with van der Waals surface area (Å²) in [5.74, 6) is -3.33. The van der Waals surface area contributed by atoms with E-state index < -0.39 is 41.7 Å². The summed E-state index contributed by atoms with van der Waals surface area (Å²) in [7, 11) is 0. The fraction of sp³-hybridized carbons (Fsp3) is 0.459. The van der Waals surface area contributed by atoms with Crippen molar-refractivity contribution in [2.75, 3.05) is 26.2 Å². The molecule has 0 aliphatic carbocycles. The highest BCUT2D eigenvalue weighted by atomic mass is 79.9. The highest BCUT2D eigenvalue weighted by molar-refractivity contribution is 9.09. The number of hydrogen-bond donors (Lipinski definition) is 2. The first-order chi connectivity index (χ1) is 23.2. The van der Waals surface area contributed by atoms with Crippen molar-refractivity contribution in [3.63, 3.8) is 0 Å². The molecule has 5 rings (SSSR count). The van der Waals surface area contributed by atoms with Crippen molar-refractivity contribution in [1.29, 1.82) is 0 Å². The maximum atomic E-state index is 14.6. The van der Waals surface area contributed by atoms with E-state index >= 15 is 0 Å². The van der Waals surface area contributed by atoms with Crippen LogP contribution < -0.4 is 5.32 Å². The van der Waals surface area contributed by atoms with Crippen LogP contribution in [-0.2, 0) is 35.2 Å². The number of hydrogen-bond acceptors (Lipinski definition) is 7. The lowest BCUT2D eigenvalue weighted by Crippen LogP contribution is -2.56. The van der Waals surface area contributed by atoms with Crippen molar-refractivity contribution >= 4 is 39.6 Å². The second kappa shape index (κ2) is 16.1. The van der Waals surface area contributed by atoms with Crippen LogP contribution in [0.3, 0.4) is 0 Å². The lowest BCUT2D eigenvalue weighted by atomic mass is 9.70. The molecule has 3 amide bonds. The van der Waals surface area contributed by atoms with Crippen LogP contribution in [0.2, 0.25) is 0 Å². The molecular formula is C37H44BrN3O7. The number of likely N-dealkylation sites (tertiary alicyclic amines) is 1. The van der Waals surface area contributed by atoms with Crippen LogP contribution in [-0.4, -0.2) is 87.4 Å². The molecule has 0 radical (unpaired) electrons. The Bertz CT molecular complexity index is 1470. The fourth-order valence-electron chi connectivity index (χ4n) is 7.32. The number of rotatable bonds is 17. The molecule has 3 aliphatic heterocycles. The number of allylic oxidation sites excluding steroid dienone is 1. The Labute approximate surface area is 290 Å². The number of carbonyl (C=O) groups is 4. The summed E-state index contributed by atoms with van der Waals surface area (Å²) in [6.45, 7) is 8.33. The second-order valence-electron chi connectivity index (χ2n) is 12.6. The molecule has 7 atom stereocenters. The summed E-state index contributed by atoms with van der Waals surface area (Å²) >= 11 is 3.72. The van der Waals surface area contributed by atoms with Crippen LogP contribution in [0.5, 0.6) is 0 Å². The van der Waals surface area contributed by atoms with Gasteiger partial charge < -0.3 is 29.7 Å². The smallest absolute Gasteiger partial charge is 0.313 e. The minimum absolute atomic E-state index is 0.0478. The number of esters is 1. The minimum atomic E-state index is -1.26. The third-order valence-electron chi connectivity index (χ3n) is 9.47. The normalized spacial score (nSPS) is 26.1. The summed E-state index contributed by atoms with van der Waals surface area (Å²) in [6.07, 6.45) is 3.90. The minimum Gasteiger partial charge on any atom is -0.455 e. The first kappa shape index (κ1) is 35.5. The zero-order chi connectivity index (χ0) is 34.3. The quantitative estimate of drug-likeness (QED) is 0.109. The average molecular weight is 723 g/mol. The van der Waals surface area contributed by atoms with E-state index in [0.29, 0.717) is 37.8 Å². The third kappa shape index (κ3) is 7.28. The standard InChI is InChI=1S/C37H44BrN3O7/c1-3-5-18-29(43)39-23-28(26-16-10-7-11-17-26)47-36(46)30-31-34(44)41(20-12-13-21-42)33(37(31)22-27(38)32(30)48-37)35(45)40(19-4-2)24-25-14-8-6-9-15-25/h3-4,6-11,14-17,27-28,30-33,42H,1-2,5,12-13,18-24H2,(H,39,43)/t27?,28-,30-,31+,32-,33-,37+/m1/s1. The van der Waals surface area contributed by atoms with Gasteiger partial charge in [-0.05, 0) is 36.8 Å². The highest BCUT2D eigenvalue weighted by Gasteiger charge is 2.77. The number of aliphatic hydroxyl groups excluding tert-OH is 1. The van der Waals surface area contributed by atoms with Gasteiger partial charge in [-0.3, -0.25) is 19.2 Å². The van der Waals surface area contributed by atoms with Crippen LogP contribution in [0.15, 0.2) is 86.0 Å². The average Bonchev–Trinajstić information content (AvgIpc) is 3.69. The van der Waals surface area contributed by atoms with Gasteiger partial charge >= 0.3 is 5.97 Å². The van der Waals surface area contributed by atoms with Crippen molar-refractivity contribution in [3.05, 3.63) is 97.1 Å². The SMILES string of the molecule is C=CCCC(=O)NC[C@@H](OC(=O)[C@H]1[C@@H]2O[C@@]3(CC2Br)[C@@H]1C(=O)N(CCCCO)[C@@H]3C(=O)N(CC=C)Cc1ccccc1)c1ccccc1. The summed E-state index contributed by atoms with van der Waals surface area (Å²) < 4.78 is 12.8. The largest absolute Gasteiger partial charge is 0.455 e. The number of amides is 3. The van der Waals surface area contributed by atoms with Crippen molar-refractivity contribution in [3.8, 4) is 0 Å². The number of aliphatic hydroxyl groups is 1. The topological polar surface area (TPSA) is 125 Å². The molecule has 2 aromatic carbocycles. The molecule has 3 aliphatic rings. The summed E-state index contributed by atoms with van der Waals surface area (Å²) in [5.41, 5.74) is 0.368. The Balaban J connectivity index is 1.45. The van der Waals surface area contributed by atoms with Crippen molar-refractivity contribution in [2.45, 2.75) is 67.3 Å². The first-order valence-corrected chi connectivity index (χ1v) is 17.5. The third-order valence-corrected chi connectivity index (χ3v) is 10.3. The van der Waals surface area contributed by atoms with E-state index in [0.717, 1.165) is 5.56 Å². The molecule has 48 heavy (non-hydrogen) atoms. The van der Waals surface area contributed by atoms with Crippen LogP contribution >= 0.6 is 15.9 Å². The Morgan fingerprint density at radius 3 is 2.48 bits per heavy atom. The van der Waals surface area contributed by atoms with E-state index in [-0.39, 0.29) is 55.2 Å². The number of unbranched alkanes of at least 4 members (excludes halogenated alkanes) is 1. The summed E-state index contributed by atoms with van der Waals surface area (Å²) in [4.78, 5) is 58.6. The van der Waals surface area contributed by atoms with Gasteiger partial charge in [0, 0.05) is 37.5 Å². The molecule has 0 saturated carbocycles. The molecule has 3 saturated heterocycles. The number of benzene rings is 2. The number of nitrogens with one attached hydrogen (secondary N) is 1. The predicted octanol–water partition coefficient (Wildman–Crippen LogP) is 4.09. The van der Waals surface area contributed by atoms with Gasteiger partial charge in [0.05, 0.1) is 24.5 Å². The molecule has 256 valence electrons. The summed E-state index contributed by atoms with van der Waals surface area (Å²) in [5, 5.41) is 12.4. The fourth-order valence-corrected chi connectivity index (χ4v) is 8.26. The molecule has 2 aromatic rings. The molecule has 2 N–H and O–H groups in total. The zero-order valence-corrected chi connectivity index (χ0v) is 28.6.